The Morgan fingerprint density at radius 1 is 1.14 bits per heavy atom. The van der Waals surface area contributed by atoms with Crippen molar-refractivity contribution in [1.82, 2.24) is 0 Å². The van der Waals surface area contributed by atoms with Gasteiger partial charge in [-0.05, 0) is 6.42 Å². The summed E-state index contributed by atoms with van der Waals surface area (Å²) < 4.78 is 15.8. The molecule has 0 spiro atoms. The standard InChI is InChI=1S/C15H17NO5/c1-5-6-7-16-9-8-10(19-2)13(20-3)14(21-4)11(9)12(17)15(16)18/h5,8H,1,6-7H2,2-4H3. The van der Waals surface area contributed by atoms with E-state index in [0.717, 1.165) is 0 Å². The molecular weight excluding hydrogens is 274 g/mol. The molecular formula is C15H17NO5. The lowest BCUT2D eigenvalue weighted by atomic mass is 10.1. The largest absolute Gasteiger partial charge is 0.493 e. The second-order valence-electron chi connectivity index (χ2n) is 4.40. The maximum atomic E-state index is 12.2. The van der Waals surface area contributed by atoms with Crippen LogP contribution in [0.25, 0.3) is 0 Å². The van der Waals surface area contributed by atoms with Crippen molar-refractivity contribution in [2.45, 2.75) is 6.42 Å². The molecule has 0 aliphatic carbocycles. The highest BCUT2D eigenvalue weighted by molar-refractivity contribution is 6.53. The number of ketones is 1. The van der Waals surface area contributed by atoms with E-state index >= 15 is 0 Å². The summed E-state index contributed by atoms with van der Waals surface area (Å²) >= 11 is 0. The molecule has 2 rings (SSSR count). The van der Waals surface area contributed by atoms with E-state index in [1.165, 1.54) is 26.2 Å². The van der Waals surface area contributed by atoms with Crippen molar-refractivity contribution in [2.75, 3.05) is 32.8 Å². The summed E-state index contributed by atoms with van der Waals surface area (Å²) in [6.45, 7) is 4.00. The van der Waals surface area contributed by atoms with Gasteiger partial charge in [-0.1, -0.05) is 6.08 Å². The van der Waals surface area contributed by atoms with Crippen molar-refractivity contribution >= 4 is 17.4 Å². The predicted octanol–water partition coefficient (Wildman–Crippen LogP) is 1.82. The third-order valence-electron chi connectivity index (χ3n) is 3.32. The topological polar surface area (TPSA) is 65.1 Å². The normalized spacial score (nSPS) is 13.2. The smallest absolute Gasteiger partial charge is 0.299 e. The SMILES string of the molecule is C=CCCN1C(=O)C(=O)c2c1cc(OC)c(OC)c2OC. The molecule has 6 heteroatoms. The van der Waals surface area contributed by atoms with E-state index in [9.17, 15) is 9.59 Å². The first-order valence-corrected chi connectivity index (χ1v) is 6.40. The zero-order chi connectivity index (χ0) is 15.6. The zero-order valence-corrected chi connectivity index (χ0v) is 12.3. The molecule has 0 saturated heterocycles. The van der Waals surface area contributed by atoms with Crippen molar-refractivity contribution < 1.29 is 23.8 Å². The molecule has 112 valence electrons. The summed E-state index contributed by atoms with van der Waals surface area (Å²) in [6, 6.07) is 1.61. The maximum Gasteiger partial charge on any atom is 0.299 e. The maximum absolute atomic E-state index is 12.2. The van der Waals surface area contributed by atoms with Gasteiger partial charge in [-0.15, -0.1) is 6.58 Å². The van der Waals surface area contributed by atoms with Crippen LogP contribution in [0.4, 0.5) is 5.69 Å². The van der Waals surface area contributed by atoms with E-state index in [4.69, 9.17) is 14.2 Å². The van der Waals surface area contributed by atoms with Crippen LogP contribution < -0.4 is 19.1 Å². The molecule has 1 aliphatic rings. The number of carbonyl (C=O) groups excluding carboxylic acids is 2. The molecule has 6 nitrogen and oxygen atoms in total. The van der Waals surface area contributed by atoms with Gasteiger partial charge in [0, 0.05) is 12.6 Å². The first-order chi connectivity index (χ1) is 10.1. The van der Waals surface area contributed by atoms with Crippen molar-refractivity contribution in [3.63, 3.8) is 0 Å². The van der Waals surface area contributed by atoms with Crippen LogP contribution in [0.1, 0.15) is 16.8 Å². The Balaban J connectivity index is 2.66. The van der Waals surface area contributed by atoms with E-state index in [-0.39, 0.29) is 11.3 Å². The Hall–Kier alpha value is -2.50. The van der Waals surface area contributed by atoms with Crippen molar-refractivity contribution in [2.24, 2.45) is 0 Å². The molecule has 1 aliphatic heterocycles. The lowest BCUT2D eigenvalue weighted by Crippen LogP contribution is -2.30. The number of amides is 1. The molecule has 0 fully saturated rings. The number of fused-ring (bicyclic) bond motifs is 1. The summed E-state index contributed by atoms with van der Waals surface area (Å²) in [4.78, 5) is 25.8. The minimum atomic E-state index is -0.605. The summed E-state index contributed by atoms with van der Waals surface area (Å²) in [5, 5.41) is 0. The third kappa shape index (κ3) is 2.22. The fourth-order valence-corrected chi connectivity index (χ4v) is 2.36. The van der Waals surface area contributed by atoms with Gasteiger partial charge in [0.05, 0.1) is 32.6 Å². The lowest BCUT2D eigenvalue weighted by Gasteiger charge is -2.19. The molecule has 0 aromatic heterocycles. The van der Waals surface area contributed by atoms with E-state index in [0.29, 0.717) is 30.2 Å². The van der Waals surface area contributed by atoms with Crippen LogP contribution >= 0.6 is 0 Å². The van der Waals surface area contributed by atoms with Gasteiger partial charge in [-0.3, -0.25) is 9.59 Å². The van der Waals surface area contributed by atoms with Crippen LogP contribution in [0.15, 0.2) is 18.7 Å². The summed E-state index contributed by atoms with van der Waals surface area (Å²) in [5.41, 5.74) is 0.686. The quantitative estimate of drug-likeness (QED) is 0.591. The number of hydrogen-bond donors (Lipinski definition) is 0. The zero-order valence-electron chi connectivity index (χ0n) is 12.3. The Labute approximate surface area is 122 Å². The molecule has 0 N–H and O–H groups in total. The Morgan fingerprint density at radius 2 is 1.81 bits per heavy atom. The summed E-state index contributed by atoms with van der Waals surface area (Å²) in [7, 11) is 4.35. The molecule has 0 saturated carbocycles. The van der Waals surface area contributed by atoms with E-state index in [2.05, 4.69) is 6.58 Å². The molecule has 1 aromatic carbocycles. The molecule has 1 heterocycles. The number of hydrogen-bond acceptors (Lipinski definition) is 5. The van der Waals surface area contributed by atoms with Gasteiger partial charge < -0.3 is 19.1 Å². The van der Waals surface area contributed by atoms with Gasteiger partial charge in [0.1, 0.15) is 0 Å². The minimum Gasteiger partial charge on any atom is -0.493 e. The van der Waals surface area contributed by atoms with E-state index < -0.39 is 11.7 Å². The predicted molar refractivity (Wildman–Crippen MR) is 77.6 cm³/mol. The summed E-state index contributed by atoms with van der Waals surface area (Å²) in [5.74, 6) is -0.275. The van der Waals surface area contributed by atoms with Gasteiger partial charge in [0.15, 0.2) is 11.5 Å². The number of benzene rings is 1. The highest BCUT2D eigenvalue weighted by Crippen LogP contribution is 2.47. The molecule has 0 atom stereocenters. The third-order valence-corrected chi connectivity index (χ3v) is 3.32. The number of rotatable bonds is 6. The highest BCUT2D eigenvalue weighted by atomic mass is 16.5. The fraction of sp³-hybridized carbons (Fsp3) is 0.333. The number of nitrogens with zero attached hydrogens (tertiary/aromatic N) is 1. The van der Waals surface area contributed by atoms with Crippen LogP contribution in [0.5, 0.6) is 17.2 Å². The van der Waals surface area contributed by atoms with Crippen molar-refractivity contribution in [3.8, 4) is 17.2 Å². The van der Waals surface area contributed by atoms with Crippen molar-refractivity contribution in [3.05, 3.63) is 24.3 Å². The highest BCUT2D eigenvalue weighted by Gasteiger charge is 2.40. The number of Topliss-reactive ketones (excluding diaryl/α,β-unsaturated/α-hetero) is 1. The molecule has 0 unspecified atom stereocenters. The number of ether oxygens (including phenoxy) is 3. The summed E-state index contributed by atoms with van der Waals surface area (Å²) in [6.07, 6.45) is 2.27. The lowest BCUT2D eigenvalue weighted by molar-refractivity contribution is -0.114. The second kappa shape index (κ2) is 5.87. The average Bonchev–Trinajstić information content (AvgIpc) is 2.74. The van der Waals surface area contributed by atoms with Crippen LogP contribution in [-0.2, 0) is 4.79 Å². The van der Waals surface area contributed by atoms with Crippen LogP contribution in [0, 0.1) is 0 Å². The second-order valence-corrected chi connectivity index (χ2v) is 4.40. The molecule has 0 radical (unpaired) electrons. The van der Waals surface area contributed by atoms with E-state index in [1.807, 2.05) is 0 Å². The van der Waals surface area contributed by atoms with Gasteiger partial charge in [0.2, 0.25) is 5.75 Å². The Kier molecular flexibility index (Phi) is 4.16. The number of carbonyl (C=O) groups is 2. The first kappa shape index (κ1) is 14.9. The van der Waals surface area contributed by atoms with Crippen LogP contribution in [-0.4, -0.2) is 39.6 Å². The number of anilines is 1. The van der Waals surface area contributed by atoms with Gasteiger partial charge >= 0.3 is 0 Å². The molecule has 1 aromatic rings. The number of methoxy groups -OCH3 is 3. The Bertz CT molecular complexity index is 609. The van der Waals surface area contributed by atoms with E-state index in [1.54, 1.807) is 12.1 Å². The van der Waals surface area contributed by atoms with Crippen LogP contribution in [0.2, 0.25) is 0 Å². The molecule has 1 amide bonds. The monoisotopic (exact) mass is 291 g/mol. The fourth-order valence-electron chi connectivity index (χ4n) is 2.36. The average molecular weight is 291 g/mol. The van der Waals surface area contributed by atoms with Gasteiger partial charge in [-0.2, -0.15) is 0 Å². The first-order valence-electron chi connectivity index (χ1n) is 6.40. The molecule has 0 bridgehead atoms. The van der Waals surface area contributed by atoms with Gasteiger partial charge in [0.25, 0.3) is 11.7 Å². The van der Waals surface area contributed by atoms with Crippen molar-refractivity contribution in [1.29, 1.82) is 0 Å². The van der Waals surface area contributed by atoms with Gasteiger partial charge in [-0.25, -0.2) is 0 Å². The minimum absolute atomic E-state index is 0.212. The molecule has 21 heavy (non-hydrogen) atoms. The Morgan fingerprint density at radius 3 is 2.33 bits per heavy atom. The van der Waals surface area contributed by atoms with Crippen LogP contribution in [0.3, 0.4) is 0 Å².